The van der Waals surface area contributed by atoms with Gasteiger partial charge in [-0.15, -0.1) is 0 Å². The van der Waals surface area contributed by atoms with Crippen molar-refractivity contribution in [3.05, 3.63) is 65.2 Å². The number of imidazole rings is 1. The number of hydrogen-bond acceptors (Lipinski definition) is 5. The molecular formula is C29H38FN3O3. The minimum atomic E-state index is -0.391. The summed E-state index contributed by atoms with van der Waals surface area (Å²) in [6, 6.07) is 13.2. The van der Waals surface area contributed by atoms with Gasteiger partial charge < -0.3 is 19.4 Å². The van der Waals surface area contributed by atoms with E-state index in [1.807, 2.05) is 30.3 Å². The summed E-state index contributed by atoms with van der Waals surface area (Å²) in [5, 5.41) is 0. The third-order valence-electron chi connectivity index (χ3n) is 7.68. The van der Waals surface area contributed by atoms with Crippen LogP contribution in [0.25, 0.3) is 11.0 Å². The van der Waals surface area contributed by atoms with Crippen LogP contribution in [0.5, 0.6) is 0 Å². The Kier molecular flexibility index (Phi) is 8.42. The molecule has 4 rings (SSSR count). The Morgan fingerprint density at radius 1 is 1.25 bits per heavy atom. The number of carbonyl (C=O) groups excluding carboxylic acids is 1. The van der Waals surface area contributed by atoms with E-state index in [1.165, 1.54) is 13.2 Å². The maximum atomic E-state index is 14.1. The summed E-state index contributed by atoms with van der Waals surface area (Å²) in [7, 11) is 3.63. The number of ether oxygens (including phenoxy) is 2. The largest absolute Gasteiger partial charge is 0.460 e. The lowest BCUT2D eigenvalue weighted by atomic mass is 9.60. The van der Waals surface area contributed by atoms with Gasteiger partial charge in [0.1, 0.15) is 24.4 Å². The van der Waals surface area contributed by atoms with E-state index in [0.717, 1.165) is 60.3 Å². The number of H-pyrrole nitrogens is 1. The first-order chi connectivity index (χ1) is 17.3. The summed E-state index contributed by atoms with van der Waals surface area (Å²) in [5.41, 5.74) is 3.81. The van der Waals surface area contributed by atoms with Crippen LogP contribution in [0.3, 0.4) is 0 Å². The molecule has 0 amide bonds. The molecule has 2 unspecified atom stereocenters. The Bertz CT molecular complexity index is 1140. The number of rotatable bonds is 11. The van der Waals surface area contributed by atoms with Crippen LogP contribution in [0.4, 0.5) is 4.39 Å². The molecule has 1 aliphatic carbocycles. The molecule has 1 N–H and O–H groups in total. The zero-order valence-corrected chi connectivity index (χ0v) is 21.9. The summed E-state index contributed by atoms with van der Waals surface area (Å²) in [6.07, 6.45) is 3.78. The molecule has 1 heterocycles. The molecule has 0 bridgehead atoms. The fraction of sp³-hybridized carbons (Fsp3) is 0.517. The highest BCUT2D eigenvalue weighted by molar-refractivity contribution is 5.74. The highest BCUT2D eigenvalue weighted by atomic mass is 19.1. The number of para-hydroxylation sites is 2. The zero-order valence-electron chi connectivity index (χ0n) is 21.9. The van der Waals surface area contributed by atoms with E-state index in [1.54, 1.807) is 6.07 Å². The summed E-state index contributed by atoms with van der Waals surface area (Å²) >= 11 is 0. The highest BCUT2D eigenvalue weighted by Crippen LogP contribution is 2.47. The van der Waals surface area contributed by atoms with Gasteiger partial charge in [-0.25, -0.2) is 14.2 Å². The minimum Gasteiger partial charge on any atom is -0.460 e. The molecule has 0 aliphatic heterocycles. The standard InChI is InChI=1S/C29H38FN3O3/c1-20(2)29(15-17-33(3)16-7-10-27-31-24-8-5-6-9-25(24)32-27)23-13-12-22(30)18-21(23)11-14-26(29)36-28(34)19-35-4/h5-6,8-9,12-13,18,20,26H,7,10-11,14-17,19H2,1-4H3,(H,31,32). The molecule has 6 nitrogen and oxygen atoms in total. The molecule has 2 aromatic carbocycles. The molecule has 194 valence electrons. The maximum absolute atomic E-state index is 14.1. The van der Waals surface area contributed by atoms with E-state index >= 15 is 0 Å². The Morgan fingerprint density at radius 3 is 2.81 bits per heavy atom. The number of carbonyl (C=O) groups is 1. The first-order valence-electron chi connectivity index (χ1n) is 12.9. The number of aryl methyl sites for hydroxylation is 2. The van der Waals surface area contributed by atoms with Gasteiger partial charge in [0.2, 0.25) is 0 Å². The lowest BCUT2D eigenvalue weighted by Crippen LogP contribution is -2.51. The van der Waals surface area contributed by atoms with Crippen molar-refractivity contribution in [1.29, 1.82) is 0 Å². The fourth-order valence-electron chi connectivity index (χ4n) is 5.81. The molecule has 0 saturated carbocycles. The van der Waals surface area contributed by atoms with Gasteiger partial charge in [0.25, 0.3) is 0 Å². The number of esters is 1. The predicted octanol–water partition coefficient (Wildman–Crippen LogP) is 5.05. The molecule has 1 aromatic heterocycles. The fourth-order valence-corrected chi connectivity index (χ4v) is 5.81. The quantitative estimate of drug-likeness (QED) is 0.377. The van der Waals surface area contributed by atoms with Crippen LogP contribution in [0.1, 0.15) is 50.1 Å². The smallest absolute Gasteiger partial charge is 0.332 e. The van der Waals surface area contributed by atoms with Crippen molar-refractivity contribution in [2.75, 3.05) is 33.9 Å². The van der Waals surface area contributed by atoms with E-state index < -0.39 is 5.41 Å². The summed E-state index contributed by atoms with van der Waals surface area (Å²) < 4.78 is 25.1. The number of nitrogens with one attached hydrogen (secondary N) is 1. The SMILES string of the molecule is COCC(=O)OC1CCc2cc(F)ccc2C1(CCN(C)CCCc1nc2ccccc2[nH]1)C(C)C. The topological polar surface area (TPSA) is 67.5 Å². The van der Waals surface area contributed by atoms with Crippen molar-refractivity contribution in [1.82, 2.24) is 14.9 Å². The lowest BCUT2D eigenvalue weighted by molar-refractivity contribution is -0.160. The second-order valence-electron chi connectivity index (χ2n) is 10.3. The van der Waals surface area contributed by atoms with Crippen molar-refractivity contribution in [3.8, 4) is 0 Å². The molecule has 0 saturated heterocycles. The molecule has 1 aliphatic rings. The Balaban J connectivity index is 1.46. The molecule has 7 heteroatoms. The second-order valence-corrected chi connectivity index (χ2v) is 10.3. The Morgan fingerprint density at radius 2 is 2.06 bits per heavy atom. The molecule has 0 fully saturated rings. The summed E-state index contributed by atoms with van der Waals surface area (Å²) in [5.74, 6) is 0.643. The van der Waals surface area contributed by atoms with Crippen molar-refractivity contribution >= 4 is 17.0 Å². The number of benzene rings is 2. The number of halogens is 1. The number of fused-ring (bicyclic) bond motifs is 2. The van der Waals surface area contributed by atoms with E-state index in [4.69, 9.17) is 9.47 Å². The van der Waals surface area contributed by atoms with Gasteiger partial charge in [0, 0.05) is 18.9 Å². The molecule has 3 aromatic rings. The molecular weight excluding hydrogens is 457 g/mol. The van der Waals surface area contributed by atoms with E-state index in [2.05, 4.69) is 35.8 Å². The van der Waals surface area contributed by atoms with Gasteiger partial charge in [-0.2, -0.15) is 0 Å². The van der Waals surface area contributed by atoms with Gasteiger partial charge in [-0.1, -0.05) is 32.0 Å². The number of aromatic amines is 1. The van der Waals surface area contributed by atoms with Gasteiger partial charge in [0.15, 0.2) is 0 Å². The van der Waals surface area contributed by atoms with Gasteiger partial charge in [-0.05, 0) is 87.1 Å². The summed E-state index contributed by atoms with van der Waals surface area (Å²) in [6.45, 7) is 6.06. The normalized spacial score (nSPS) is 19.7. The number of hydrogen-bond donors (Lipinski definition) is 1. The van der Waals surface area contributed by atoms with Crippen molar-refractivity contribution in [3.63, 3.8) is 0 Å². The number of methoxy groups -OCH3 is 1. The van der Waals surface area contributed by atoms with E-state index in [-0.39, 0.29) is 30.4 Å². The Hall–Kier alpha value is -2.77. The number of nitrogens with zero attached hydrogens (tertiary/aromatic N) is 2. The predicted molar refractivity (Wildman–Crippen MR) is 140 cm³/mol. The first kappa shape index (κ1) is 26.3. The van der Waals surface area contributed by atoms with Crippen LogP contribution < -0.4 is 0 Å². The number of aromatic nitrogens is 2. The van der Waals surface area contributed by atoms with Crippen LogP contribution >= 0.6 is 0 Å². The molecule has 0 spiro atoms. The van der Waals surface area contributed by atoms with Crippen molar-refractivity contribution < 1.29 is 18.7 Å². The third-order valence-corrected chi connectivity index (χ3v) is 7.68. The zero-order chi connectivity index (χ0) is 25.7. The molecule has 2 atom stereocenters. The van der Waals surface area contributed by atoms with Crippen LogP contribution in [0.2, 0.25) is 0 Å². The second kappa shape index (κ2) is 11.5. The molecule has 36 heavy (non-hydrogen) atoms. The van der Waals surface area contributed by atoms with Gasteiger partial charge in [0.05, 0.1) is 11.0 Å². The average molecular weight is 496 g/mol. The van der Waals surface area contributed by atoms with Crippen molar-refractivity contribution in [2.24, 2.45) is 5.92 Å². The van der Waals surface area contributed by atoms with Crippen LogP contribution in [-0.4, -0.2) is 60.8 Å². The first-order valence-corrected chi connectivity index (χ1v) is 12.9. The van der Waals surface area contributed by atoms with Gasteiger partial charge in [-0.3, -0.25) is 0 Å². The molecule has 0 radical (unpaired) electrons. The highest BCUT2D eigenvalue weighted by Gasteiger charge is 2.48. The van der Waals surface area contributed by atoms with Crippen LogP contribution in [0, 0.1) is 11.7 Å². The Labute approximate surface area is 213 Å². The average Bonchev–Trinajstić information content (AvgIpc) is 3.26. The van der Waals surface area contributed by atoms with E-state index in [0.29, 0.717) is 12.8 Å². The monoisotopic (exact) mass is 495 g/mol. The van der Waals surface area contributed by atoms with Gasteiger partial charge >= 0.3 is 5.97 Å². The van der Waals surface area contributed by atoms with E-state index in [9.17, 15) is 9.18 Å². The third kappa shape index (κ3) is 5.62. The van der Waals surface area contributed by atoms with Crippen LogP contribution in [0.15, 0.2) is 42.5 Å². The summed E-state index contributed by atoms with van der Waals surface area (Å²) in [4.78, 5) is 22.9. The maximum Gasteiger partial charge on any atom is 0.332 e. The van der Waals surface area contributed by atoms with Crippen LogP contribution in [-0.2, 0) is 32.5 Å². The lowest BCUT2D eigenvalue weighted by Gasteiger charge is -2.48. The van der Waals surface area contributed by atoms with Crippen molar-refractivity contribution in [2.45, 2.75) is 57.5 Å². The minimum absolute atomic E-state index is 0.0668.